The predicted molar refractivity (Wildman–Crippen MR) is 60.3 cm³/mol. The number of carbonyl (C=O) groups is 1. The molecule has 16 heavy (non-hydrogen) atoms. The average molecular weight is 224 g/mol. The highest BCUT2D eigenvalue weighted by Gasteiger charge is 1.98. The minimum absolute atomic E-state index is 0.173. The van der Waals surface area contributed by atoms with Crippen molar-refractivity contribution in [1.82, 2.24) is 5.43 Å². The Morgan fingerprint density at radius 1 is 1.62 bits per heavy atom. The summed E-state index contributed by atoms with van der Waals surface area (Å²) in [6.45, 7) is 4.76. The number of ether oxygens (including phenoxy) is 1. The fraction of sp³-hybridized carbons (Fsp3) is 0.455. The van der Waals surface area contributed by atoms with Gasteiger partial charge in [0, 0.05) is 6.61 Å². The second-order valence-electron chi connectivity index (χ2n) is 3.19. The van der Waals surface area contributed by atoms with E-state index >= 15 is 0 Å². The molecular formula is C11H16N2O3. The van der Waals surface area contributed by atoms with Gasteiger partial charge < -0.3 is 9.15 Å². The zero-order valence-electron chi connectivity index (χ0n) is 9.53. The number of carbonyl (C=O) groups excluding carboxylic acids is 1. The SMILES string of the molecule is CCOCCC(=O)N/N=C/c1ccc(C)o1. The lowest BCUT2D eigenvalue weighted by molar-refractivity contribution is -0.122. The molecule has 1 aromatic heterocycles. The van der Waals surface area contributed by atoms with Gasteiger partial charge in [-0.2, -0.15) is 5.10 Å². The summed E-state index contributed by atoms with van der Waals surface area (Å²) in [5, 5.41) is 3.76. The van der Waals surface area contributed by atoms with Crippen LogP contribution in [0.25, 0.3) is 0 Å². The van der Waals surface area contributed by atoms with Gasteiger partial charge >= 0.3 is 0 Å². The van der Waals surface area contributed by atoms with E-state index in [0.29, 0.717) is 25.4 Å². The van der Waals surface area contributed by atoms with Crippen LogP contribution in [0.1, 0.15) is 24.9 Å². The van der Waals surface area contributed by atoms with E-state index in [1.165, 1.54) is 6.21 Å². The van der Waals surface area contributed by atoms with E-state index in [9.17, 15) is 4.79 Å². The monoisotopic (exact) mass is 224 g/mol. The largest absolute Gasteiger partial charge is 0.460 e. The number of hydrogen-bond donors (Lipinski definition) is 1. The van der Waals surface area contributed by atoms with Gasteiger partial charge in [-0.05, 0) is 26.0 Å². The fourth-order valence-electron chi connectivity index (χ4n) is 1.06. The highest BCUT2D eigenvalue weighted by molar-refractivity contribution is 5.80. The van der Waals surface area contributed by atoms with Crippen LogP contribution < -0.4 is 5.43 Å². The average Bonchev–Trinajstić information content (AvgIpc) is 2.65. The van der Waals surface area contributed by atoms with Gasteiger partial charge in [0.2, 0.25) is 5.91 Å². The molecule has 1 rings (SSSR count). The first-order valence-corrected chi connectivity index (χ1v) is 5.18. The molecule has 0 aromatic carbocycles. The number of hydrazone groups is 1. The summed E-state index contributed by atoms with van der Waals surface area (Å²) in [6, 6.07) is 3.61. The van der Waals surface area contributed by atoms with E-state index in [4.69, 9.17) is 9.15 Å². The zero-order valence-corrected chi connectivity index (χ0v) is 9.53. The van der Waals surface area contributed by atoms with Crippen LogP contribution in [0.15, 0.2) is 21.7 Å². The normalized spacial score (nSPS) is 10.9. The van der Waals surface area contributed by atoms with Crippen molar-refractivity contribution in [2.75, 3.05) is 13.2 Å². The van der Waals surface area contributed by atoms with E-state index in [1.807, 2.05) is 19.9 Å². The van der Waals surface area contributed by atoms with Gasteiger partial charge in [0.05, 0.1) is 19.2 Å². The quantitative estimate of drug-likeness (QED) is 0.452. The van der Waals surface area contributed by atoms with Crippen molar-refractivity contribution < 1.29 is 13.9 Å². The van der Waals surface area contributed by atoms with Crippen molar-refractivity contribution in [3.8, 4) is 0 Å². The molecule has 0 bridgehead atoms. The molecule has 0 saturated carbocycles. The summed E-state index contributed by atoms with van der Waals surface area (Å²) < 4.78 is 10.3. The number of hydrogen-bond acceptors (Lipinski definition) is 4. The molecule has 1 aromatic rings. The predicted octanol–water partition coefficient (Wildman–Crippen LogP) is 1.46. The van der Waals surface area contributed by atoms with E-state index in [2.05, 4.69) is 10.5 Å². The molecule has 0 aliphatic rings. The third-order valence-corrected chi connectivity index (χ3v) is 1.82. The number of amides is 1. The summed E-state index contributed by atoms with van der Waals surface area (Å²) in [7, 11) is 0. The Hall–Kier alpha value is -1.62. The molecule has 1 N–H and O–H groups in total. The number of nitrogens with zero attached hydrogens (tertiary/aromatic N) is 1. The first-order chi connectivity index (χ1) is 7.72. The van der Waals surface area contributed by atoms with Gasteiger partial charge in [-0.15, -0.1) is 0 Å². The van der Waals surface area contributed by atoms with Crippen molar-refractivity contribution in [2.45, 2.75) is 20.3 Å². The summed E-state index contributed by atoms with van der Waals surface area (Å²) in [4.78, 5) is 11.2. The summed E-state index contributed by atoms with van der Waals surface area (Å²) >= 11 is 0. The van der Waals surface area contributed by atoms with Gasteiger partial charge in [0.1, 0.15) is 11.5 Å². The van der Waals surface area contributed by atoms with E-state index in [1.54, 1.807) is 6.07 Å². The molecule has 1 heterocycles. The lowest BCUT2D eigenvalue weighted by atomic mass is 10.4. The Morgan fingerprint density at radius 3 is 3.06 bits per heavy atom. The van der Waals surface area contributed by atoms with Crippen molar-refractivity contribution in [2.24, 2.45) is 5.10 Å². The van der Waals surface area contributed by atoms with Gasteiger partial charge in [0.25, 0.3) is 0 Å². The summed E-state index contributed by atoms with van der Waals surface area (Å²) in [6.07, 6.45) is 1.77. The van der Waals surface area contributed by atoms with Crippen LogP contribution in [-0.4, -0.2) is 25.3 Å². The molecule has 0 spiro atoms. The molecule has 88 valence electrons. The first kappa shape index (κ1) is 12.4. The van der Waals surface area contributed by atoms with Crippen LogP contribution in [-0.2, 0) is 9.53 Å². The smallest absolute Gasteiger partial charge is 0.242 e. The van der Waals surface area contributed by atoms with Crippen LogP contribution in [0.4, 0.5) is 0 Å². The fourth-order valence-corrected chi connectivity index (χ4v) is 1.06. The summed E-state index contributed by atoms with van der Waals surface area (Å²) in [5.74, 6) is 1.25. The molecule has 0 radical (unpaired) electrons. The van der Waals surface area contributed by atoms with Crippen LogP contribution in [0.3, 0.4) is 0 Å². The van der Waals surface area contributed by atoms with Crippen LogP contribution >= 0.6 is 0 Å². The molecule has 0 atom stereocenters. The minimum atomic E-state index is -0.173. The van der Waals surface area contributed by atoms with Crippen molar-refractivity contribution in [1.29, 1.82) is 0 Å². The second kappa shape index (κ2) is 6.79. The Labute approximate surface area is 94.5 Å². The molecule has 5 heteroatoms. The van der Waals surface area contributed by atoms with E-state index < -0.39 is 0 Å². The minimum Gasteiger partial charge on any atom is -0.460 e. The molecule has 0 fully saturated rings. The third-order valence-electron chi connectivity index (χ3n) is 1.82. The van der Waals surface area contributed by atoms with Crippen LogP contribution in [0.2, 0.25) is 0 Å². The topological polar surface area (TPSA) is 63.8 Å². The highest BCUT2D eigenvalue weighted by Crippen LogP contribution is 2.02. The van der Waals surface area contributed by atoms with E-state index in [-0.39, 0.29) is 5.91 Å². The maximum absolute atomic E-state index is 11.2. The lowest BCUT2D eigenvalue weighted by Crippen LogP contribution is -2.19. The Morgan fingerprint density at radius 2 is 2.44 bits per heavy atom. The molecule has 0 aliphatic carbocycles. The molecule has 0 aliphatic heterocycles. The van der Waals surface area contributed by atoms with Crippen LogP contribution in [0, 0.1) is 6.92 Å². The van der Waals surface area contributed by atoms with Gasteiger partial charge in [-0.25, -0.2) is 5.43 Å². The van der Waals surface area contributed by atoms with Crippen molar-refractivity contribution in [3.05, 3.63) is 23.7 Å². The van der Waals surface area contributed by atoms with E-state index in [0.717, 1.165) is 5.76 Å². The molecular weight excluding hydrogens is 208 g/mol. The Bertz CT molecular complexity index is 358. The lowest BCUT2D eigenvalue weighted by Gasteiger charge is -1.99. The van der Waals surface area contributed by atoms with Gasteiger partial charge in [-0.3, -0.25) is 4.79 Å². The van der Waals surface area contributed by atoms with Gasteiger partial charge in [-0.1, -0.05) is 0 Å². The van der Waals surface area contributed by atoms with Gasteiger partial charge in [0.15, 0.2) is 0 Å². The molecule has 1 amide bonds. The zero-order chi connectivity index (χ0) is 11.8. The molecule has 0 saturated heterocycles. The molecule has 5 nitrogen and oxygen atoms in total. The maximum atomic E-state index is 11.2. The number of nitrogens with one attached hydrogen (secondary N) is 1. The first-order valence-electron chi connectivity index (χ1n) is 5.18. The second-order valence-corrected chi connectivity index (χ2v) is 3.19. The third kappa shape index (κ3) is 4.75. The number of furan rings is 1. The maximum Gasteiger partial charge on any atom is 0.242 e. The number of rotatable bonds is 6. The Kier molecular flexibility index (Phi) is 5.28. The van der Waals surface area contributed by atoms with Crippen molar-refractivity contribution >= 4 is 12.1 Å². The molecule has 0 unspecified atom stereocenters. The van der Waals surface area contributed by atoms with Crippen LogP contribution in [0.5, 0.6) is 0 Å². The Balaban J connectivity index is 2.23. The van der Waals surface area contributed by atoms with Crippen molar-refractivity contribution in [3.63, 3.8) is 0 Å². The highest BCUT2D eigenvalue weighted by atomic mass is 16.5. The number of aryl methyl sites for hydroxylation is 1. The standard InChI is InChI=1S/C11H16N2O3/c1-3-15-7-6-11(14)13-12-8-10-5-4-9(2)16-10/h4-5,8H,3,6-7H2,1-2H3,(H,13,14)/b12-8+. The summed E-state index contributed by atoms with van der Waals surface area (Å²) in [5.41, 5.74) is 2.39.